The van der Waals surface area contributed by atoms with Gasteiger partial charge in [-0.1, -0.05) is 19.3 Å². The van der Waals surface area contributed by atoms with Crippen molar-refractivity contribution in [3.8, 4) is 0 Å². The molecule has 3 heteroatoms. The summed E-state index contributed by atoms with van der Waals surface area (Å²) in [5.41, 5.74) is 1.19. The monoisotopic (exact) mass is 283 g/mol. The van der Waals surface area contributed by atoms with Crippen molar-refractivity contribution in [1.82, 2.24) is 4.98 Å². The van der Waals surface area contributed by atoms with E-state index in [0.29, 0.717) is 6.61 Å². The van der Waals surface area contributed by atoms with Gasteiger partial charge in [-0.2, -0.15) is 0 Å². The Morgan fingerprint density at radius 2 is 2.00 bits per heavy atom. The fourth-order valence-corrected chi connectivity index (χ4v) is 2.82. The average Bonchev–Trinajstić information content (AvgIpc) is 2.33. The summed E-state index contributed by atoms with van der Waals surface area (Å²) >= 11 is 3.39. The largest absolute Gasteiger partial charge is 0.396 e. The molecule has 0 atom stereocenters. The minimum absolute atomic E-state index is 0.0963. The van der Waals surface area contributed by atoms with Crippen molar-refractivity contribution < 1.29 is 5.11 Å². The molecule has 0 amide bonds. The SMILES string of the molecule is OCC1(Cc2ccc(Br)cn2)CCCCC1. The molecule has 0 bridgehead atoms. The van der Waals surface area contributed by atoms with Gasteiger partial charge in [-0.3, -0.25) is 4.98 Å². The van der Waals surface area contributed by atoms with Crippen molar-refractivity contribution in [3.05, 3.63) is 28.5 Å². The van der Waals surface area contributed by atoms with Gasteiger partial charge in [0.15, 0.2) is 0 Å². The molecule has 1 saturated carbocycles. The lowest BCUT2D eigenvalue weighted by molar-refractivity contribution is 0.0814. The highest BCUT2D eigenvalue weighted by Gasteiger charge is 2.31. The van der Waals surface area contributed by atoms with Crippen molar-refractivity contribution in [2.24, 2.45) is 5.41 Å². The lowest BCUT2D eigenvalue weighted by atomic mass is 9.72. The maximum atomic E-state index is 9.62. The van der Waals surface area contributed by atoms with Gasteiger partial charge in [-0.15, -0.1) is 0 Å². The van der Waals surface area contributed by atoms with E-state index in [1.54, 1.807) is 0 Å². The molecule has 88 valence electrons. The van der Waals surface area contributed by atoms with E-state index in [9.17, 15) is 5.11 Å². The number of nitrogens with zero attached hydrogens (tertiary/aromatic N) is 1. The predicted octanol–water partition coefficient (Wildman–Crippen LogP) is 3.33. The highest BCUT2D eigenvalue weighted by molar-refractivity contribution is 9.10. The topological polar surface area (TPSA) is 33.1 Å². The highest BCUT2D eigenvalue weighted by Crippen LogP contribution is 2.38. The molecular formula is C13H18BrNO. The second kappa shape index (κ2) is 5.28. The van der Waals surface area contributed by atoms with E-state index in [-0.39, 0.29) is 5.41 Å². The van der Waals surface area contributed by atoms with Crippen LogP contribution in [0.3, 0.4) is 0 Å². The Morgan fingerprint density at radius 1 is 1.25 bits per heavy atom. The van der Waals surface area contributed by atoms with Gasteiger partial charge >= 0.3 is 0 Å². The lowest BCUT2D eigenvalue weighted by Gasteiger charge is -2.35. The minimum Gasteiger partial charge on any atom is -0.396 e. The summed E-state index contributed by atoms with van der Waals surface area (Å²) in [6.45, 7) is 0.296. The van der Waals surface area contributed by atoms with Crippen molar-refractivity contribution in [1.29, 1.82) is 0 Å². The van der Waals surface area contributed by atoms with Crippen LogP contribution in [0.1, 0.15) is 37.8 Å². The van der Waals surface area contributed by atoms with Gasteiger partial charge in [0.1, 0.15) is 0 Å². The highest BCUT2D eigenvalue weighted by atomic mass is 79.9. The van der Waals surface area contributed by atoms with Gasteiger partial charge in [0.25, 0.3) is 0 Å². The molecule has 0 unspecified atom stereocenters. The molecule has 0 aromatic carbocycles. The number of aliphatic hydroxyl groups is 1. The Morgan fingerprint density at radius 3 is 2.56 bits per heavy atom. The molecule has 0 radical (unpaired) electrons. The molecule has 1 fully saturated rings. The summed E-state index contributed by atoms with van der Waals surface area (Å²) in [6, 6.07) is 4.08. The number of hydrogen-bond acceptors (Lipinski definition) is 2. The third-order valence-electron chi connectivity index (χ3n) is 3.59. The van der Waals surface area contributed by atoms with E-state index in [2.05, 4.69) is 27.0 Å². The predicted molar refractivity (Wildman–Crippen MR) is 68.2 cm³/mol. The lowest BCUT2D eigenvalue weighted by Crippen LogP contribution is -2.31. The first kappa shape index (κ1) is 12.1. The molecule has 0 saturated heterocycles. The Balaban J connectivity index is 2.08. The van der Waals surface area contributed by atoms with Crippen LogP contribution < -0.4 is 0 Å². The van der Waals surface area contributed by atoms with Crippen LogP contribution in [-0.2, 0) is 6.42 Å². The first-order valence-corrected chi connectivity index (χ1v) is 6.75. The zero-order chi connectivity index (χ0) is 11.4. The summed E-state index contributed by atoms with van der Waals surface area (Å²) < 4.78 is 1.01. The summed E-state index contributed by atoms with van der Waals surface area (Å²) in [5.74, 6) is 0. The van der Waals surface area contributed by atoms with Crippen LogP contribution in [0.25, 0.3) is 0 Å². The van der Waals surface area contributed by atoms with Crippen LogP contribution in [0.2, 0.25) is 0 Å². The molecule has 16 heavy (non-hydrogen) atoms. The first-order valence-electron chi connectivity index (χ1n) is 5.95. The Labute approximate surface area is 105 Å². The van der Waals surface area contributed by atoms with Gasteiger partial charge < -0.3 is 5.11 Å². The molecule has 2 rings (SSSR count). The summed E-state index contributed by atoms with van der Waals surface area (Å²) in [6.07, 6.45) is 8.84. The van der Waals surface area contributed by atoms with Crippen LogP contribution in [0.15, 0.2) is 22.8 Å². The van der Waals surface area contributed by atoms with Crippen molar-refractivity contribution >= 4 is 15.9 Å². The molecule has 1 aromatic heterocycles. The molecule has 1 aliphatic carbocycles. The Hall–Kier alpha value is -0.410. The van der Waals surface area contributed by atoms with Crippen molar-refractivity contribution in [2.45, 2.75) is 38.5 Å². The van der Waals surface area contributed by atoms with Gasteiger partial charge in [0, 0.05) is 23.0 Å². The van der Waals surface area contributed by atoms with Crippen LogP contribution in [0.5, 0.6) is 0 Å². The van der Waals surface area contributed by atoms with Crippen LogP contribution >= 0.6 is 15.9 Å². The van der Waals surface area contributed by atoms with E-state index in [4.69, 9.17) is 0 Å². The fraction of sp³-hybridized carbons (Fsp3) is 0.615. The molecule has 1 aromatic rings. The summed E-state index contributed by atoms with van der Waals surface area (Å²) in [5, 5.41) is 9.62. The third kappa shape index (κ3) is 2.83. The number of pyridine rings is 1. The molecule has 0 aliphatic heterocycles. The Kier molecular flexibility index (Phi) is 3.98. The van der Waals surface area contributed by atoms with E-state index in [0.717, 1.165) is 29.4 Å². The van der Waals surface area contributed by atoms with Crippen molar-refractivity contribution in [2.75, 3.05) is 6.61 Å². The summed E-state index contributed by atoms with van der Waals surface area (Å²) in [7, 11) is 0. The normalized spacial score (nSPS) is 19.6. The maximum absolute atomic E-state index is 9.62. The average molecular weight is 284 g/mol. The molecular weight excluding hydrogens is 266 g/mol. The van der Waals surface area contributed by atoms with Crippen molar-refractivity contribution in [3.63, 3.8) is 0 Å². The molecule has 2 nitrogen and oxygen atoms in total. The molecule has 1 heterocycles. The fourth-order valence-electron chi connectivity index (χ4n) is 2.59. The van der Waals surface area contributed by atoms with Gasteiger partial charge in [-0.25, -0.2) is 0 Å². The van der Waals surface area contributed by atoms with E-state index in [1.807, 2.05) is 12.3 Å². The second-order valence-electron chi connectivity index (χ2n) is 4.86. The maximum Gasteiger partial charge on any atom is 0.0491 e. The number of rotatable bonds is 3. The smallest absolute Gasteiger partial charge is 0.0491 e. The standard InChI is InChI=1S/C13H18BrNO/c14-11-4-5-12(15-9-11)8-13(10-16)6-2-1-3-7-13/h4-5,9,16H,1-3,6-8,10H2. The van der Waals surface area contributed by atoms with E-state index in [1.165, 1.54) is 19.3 Å². The van der Waals surface area contributed by atoms with Gasteiger partial charge in [0.05, 0.1) is 0 Å². The van der Waals surface area contributed by atoms with E-state index >= 15 is 0 Å². The molecule has 0 spiro atoms. The molecule has 1 N–H and O–H groups in total. The summed E-state index contributed by atoms with van der Waals surface area (Å²) in [4.78, 5) is 4.41. The zero-order valence-corrected chi connectivity index (χ0v) is 11.0. The van der Waals surface area contributed by atoms with Gasteiger partial charge in [-0.05, 0) is 52.7 Å². The van der Waals surface area contributed by atoms with Crippen LogP contribution in [0, 0.1) is 5.41 Å². The molecule has 1 aliphatic rings. The quantitative estimate of drug-likeness (QED) is 0.923. The number of aliphatic hydroxyl groups excluding tert-OH is 1. The third-order valence-corrected chi connectivity index (χ3v) is 4.06. The number of halogens is 1. The van der Waals surface area contributed by atoms with Gasteiger partial charge in [0.2, 0.25) is 0 Å². The second-order valence-corrected chi connectivity index (χ2v) is 5.78. The zero-order valence-electron chi connectivity index (χ0n) is 9.45. The van der Waals surface area contributed by atoms with Crippen LogP contribution in [-0.4, -0.2) is 16.7 Å². The number of aromatic nitrogens is 1. The van der Waals surface area contributed by atoms with Crippen LogP contribution in [0.4, 0.5) is 0 Å². The minimum atomic E-state index is 0.0963. The first-order chi connectivity index (χ1) is 7.74. The van der Waals surface area contributed by atoms with E-state index < -0.39 is 0 Å². The number of hydrogen-bond donors (Lipinski definition) is 1. The Bertz CT molecular complexity index is 330.